The van der Waals surface area contributed by atoms with Gasteiger partial charge in [-0.25, -0.2) is 9.78 Å². The monoisotopic (exact) mass is 453 g/mol. The number of anilines is 1. The molecule has 2 amide bonds. The average molecular weight is 454 g/mol. The van der Waals surface area contributed by atoms with Crippen molar-refractivity contribution in [2.24, 2.45) is 0 Å². The number of piperidine rings is 1. The van der Waals surface area contributed by atoms with E-state index in [1.807, 2.05) is 48.4 Å². The van der Waals surface area contributed by atoms with E-state index in [0.717, 1.165) is 61.9 Å². The third-order valence-corrected chi connectivity index (χ3v) is 6.25. The third kappa shape index (κ3) is 6.28. The molecule has 3 heterocycles. The highest BCUT2D eigenvalue weighted by Crippen LogP contribution is 2.29. The molecule has 2 aliphatic heterocycles. The van der Waals surface area contributed by atoms with Crippen LogP contribution in [0.15, 0.2) is 42.6 Å². The lowest BCUT2D eigenvalue weighted by atomic mass is 10.1. The molecule has 0 bridgehead atoms. The number of piperazine rings is 1. The van der Waals surface area contributed by atoms with Crippen LogP contribution in [0.2, 0.25) is 0 Å². The van der Waals surface area contributed by atoms with Crippen LogP contribution in [0.4, 0.5) is 10.6 Å². The first-order chi connectivity index (χ1) is 16.1. The number of carbonyl (C=O) groups excluding carboxylic acids is 1. The third-order valence-electron chi connectivity index (χ3n) is 6.25. The van der Waals surface area contributed by atoms with Crippen LogP contribution in [0.3, 0.4) is 0 Å². The van der Waals surface area contributed by atoms with Crippen molar-refractivity contribution in [1.82, 2.24) is 20.1 Å². The van der Waals surface area contributed by atoms with Crippen molar-refractivity contribution in [2.45, 2.75) is 32.4 Å². The highest BCUT2D eigenvalue weighted by atomic mass is 16.5. The fraction of sp³-hybridized carbons (Fsp3) is 0.520. The molecular formula is C25H35N5O3. The first-order valence-electron chi connectivity index (χ1n) is 11.9. The number of rotatable bonds is 7. The maximum absolute atomic E-state index is 12.7. The minimum Gasteiger partial charge on any atom is -0.490 e. The van der Waals surface area contributed by atoms with Gasteiger partial charge in [0.15, 0.2) is 11.5 Å². The zero-order valence-electron chi connectivity index (χ0n) is 19.7. The summed E-state index contributed by atoms with van der Waals surface area (Å²) in [5, 5.41) is 3.07. The fourth-order valence-corrected chi connectivity index (χ4v) is 4.25. The minimum absolute atomic E-state index is 0.0267. The van der Waals surface area contributed by atoms with Crippen LogP contribution in [-0.2, 0) is 6.54 Å². The molecule has 0 spiro atoms. The molecule has 1 aromatic heterocycles. The predicted molar refractivity (Wildman–Crippen MR) is 129 cm³/mol. The van der Waals surface area contributed by atoms with E-state index in [2.05, 4.69) is 33.2 Å². The van der Waals surface area contributed by atoms with Crippen molar-refractivity contribution in [3.63, 3.8) is 0 Å². The quantitative estimate of drug-likeness (QED) is 0.695. The van der Waals surface area contributed by atoms with Crippen molar-refractivity contribution in [3.05, 3.63) is 48.2 Å². The summed E-state index contributed by atoms with van der Waals surface area (Å²) in [7, 11) is 2.14. The number of pyridine rings is 1. The number of likely N-dealkylation sites (N-methyl/N-ethyl adjacent to an activating group) is 1. The normalized spacial score (nSPS) is 17.6. The van der Waals surface area contributed by atoms with Crippen molar-refractivity contribution < 1.29 is 14.3 Å². The summed E-state index contributed by atoms with van der Waals surface area (Å²) in [5.41, 5.74) is 1.07. The van der Waals surface area contributed by atoms with Crippen molar-refractivity contribution >= 4 is 11.8 Å². The summed E-state index contributed by atoms with van der Waals surface area (Å²) in [6, 6.07) is 11.8. The Balaban J connectivity index is 1.23. The Hall–Kier alpha value is -3.00. The van der Waals surface area contributed by atoms with Crippen LogP contribution >= 0.6 is 0 Å². The molecule has 178 valence electrons. The number of carbonyl (C=O) groups is 1. The number of aromatic nitrogens is 1. The fourth-order valence-electron chi connectivity index (χ4n) is 4.25. The highest BCUT2D eigenvalue weighted by Gasteiger charge is 2.24. The van der Waals surface area contributed by atoms with Crippen molar-refractivity contribution in [2.75, 3.05) is 57.8 Å². The van der Waals surface area contributed by atoms with Crippen LogP contribution in [-0.4, -0.2) is 79.8 Å². The Morgan fingerprint density at radius 1 is 1.06 bits per heavy atom. The van der Waals surface area contributed by atoms with Gasteiger partial charge in [-0.2, -0.15) is 0 Å². The van der Waals surface area contributed by atoms with E-state index in [-0.39, 0.29) is 12.1 Å². The first-order valence-corrected chi connectivity index (χ1v) is 11.9. The number of hydrogen-bond acceptors (Lipinski definition) is 6. The number of nitrogens with one attached hydrogen (secondary N) is 1. The SMILES string of the molecule is CCOc1ccccc1OC1CCN(C(=O)NCc2ccnc(N3CCN(C)CC3)c2)CC1. The molecule has 2 aliphatic rings. The van der Waals surface area contributed by atoms with E-state index in [4.69, 9.17) is 9.47 Å². The number of ether oxygens (including phenoxy) is 2. The van der Waals surface area contributed by atoms with Gasteiger partial charge in [-0.05, 0) is 43.8 Å². The molecule has 2 saturated heterocycles. The van der Waals surface area contributed by atoms with Gasteiger partial charge in [-0.1, -0.05) is 12.1 Å². The molecule has 0 saturated carbocycles. The number of likely N-dealkylation sites (tertiary alicyclic amines) is 1. The molecule has 2 fully saturated rings. The van der Waals surface area contributed by atoms with Crippen LogP contribution in [0.25, 0.3) is 0 Å². The van der Waals surface area contributed by atoms with E-state index in [1.54, 1.807) is 0 Å². The molecule has 0 atom stereocenters. The predicted octanol–water partition coefficient (Wildman–Crippen LogP) is 2.99. The lowest BCUT2D eigenvalue weighted by Gasteiger charge is -2.33. The Kier molecular flexibility index (Phi) is 7.88. The molecular weight excluding hydrogens is 418 g/mol. The van der Waals surface area contributed by atoms with E-state index >= 15 is 0 Å². The number of para-hydroxylation sites is 2. The smallest absolute Gasteiger partial charge is 0.317 e. The summed E-state index contributed by atoms with van der Waals surface area (Å²) in [5.74, 6) is 2.53. The maximum Gasteiger partial charge on any atom is 0.317 e. The molecule has 8 nitrogen and oxygen atoms in total. The van der Waals surface area contributed by atoms with Gasteiger partial charge in [0.2, 0.25) is 0 Å². The average Bonchev–Trinajstić information content (AvgIpc) is 2.85. The van der Waals surface area contributed by atoms with Crippen molar-refractivity contribution in [1.29, 1.82) is 0 Å². The number of nitrogens with zero attached hydrogens (tertiary/aromatic N) is 4. The summed E-state index contributed by atoms with van der Waals surface area (Å²) < 4.78 is 11.8. The molecule has 8 heteroatoms. The molecule has 4 rings (SSSR count). The van der Waals surface area contributed by atoms with Crippen LogP contribution in [0.1, 0.15) is 25.3 Å². The Labute approximate surface area is 196 Å². The van der Waals surface area contributed by atoms with Crippen molar-refractivity contribution in [3.8, 4) is 11.5 Å². The van der Waals surface area contributed by atoms with E-state index < -0.39 is 0 Å². The summed E-state index contributed by atoms with van der Waals surface area (Å²) >= 11 is 0. The summed E-state index contributed by atoms with van der Waals surface area (Å²) in [4.78, 5) is 23.8. The van der Waals surface area contributed by atoms with Gasteiger partial charge in [0.25, 0.3) is 0 Å². The Bertz CT molecular complexity index is 908. The highest BCUT2D eigenvalue weighted by molar-refractivity contribution is 5.74. The van der Waals surface area contributed by atoms with Gasteiger partial charge in [-0.3, -0.25) is 0 Å². The number of urea groups is 1. The van der Waals surface area contributed by atoms with Gasteiger partial charge < -0.3 is 29.5 Å². The second-order valence-electron chi connectivity index (χ2n) is 8.66. The van der Waals surface area contributed by atoms with E-state index in [9.17, 15) is 4.79 Å². The van der Waals surface area contributed by atoms with Gasteiger partial charge >= 0.3 is 6.03 Å². The maximum atomic E-state index is 12.7. The summed E-state index contributed by atoms with van der Waals surface area (Å²) in [6.45, 7) is 8.46. The second kappa shape index (κ2) is 11.2. The van der Waals surface area contributed by atoms with Crippen LogP contribution in [0, 0.1) is 0 Å². The molecule has 0 radical (unpaired) electrons. The summed E-state index contributed by atoms with van der Waals surface area (Å²) in [6.07, 6.45) is 3.52. The van der Waals surface area contributed by atoms with Gasteiger partial charge in [0, 0.05) is 64.9 Å². The van der Waals surface area contributed by atoms with Gasteiger partial charge in [0.1, 0.15) is 11.9 Å². The molecule has 0 aliphatic carbocycles. The number of hydrogen-bond donors (Lipinski definition) is 1. The Morgan fingerprint density at radius 2 is 1.79 bits per heavy atom. The molecule has 2 aromatic rings. The zero-order chi connectivity index (χ0) is 23.0. The number of benzene rings is 1. The lowest BCUT2D eigenvalue weighted by Crippen LogP contribution is -2.46. The molecule has 1 N–H and O–H groups in total. The molecule has 1 aromatic carbocycles. The lowest BCUT2D eigenvalue weighted by molar-refractivity contribution is 0.107. The minimum atomic E-state index is -0.0267. The second-order valence-corrected chi connectivity index (χ2v) is 8.66. The standard InChI is InChI=1S/C25H35N5O3/c1-3-32-22-6-4-5-7-23(22)33-21-9-12-30(13-10-21)25(31)27-19-20-8-11-26-24(18-20)29-16-14-28(2)15-17-29/h4-8,11,18,21H,3,9-10,12-17,19H2,1-2H3,(H,27,31). The van der Waals surface area contributed by atoms with E-state index in [0.29, 0.717) is 26.2 Å². The van der Waals surface area contributed by atoms with E-state index in [1.165, 1.54) is 0 Å². The first kappa shape index (κ1) is 23.2. The number of amides is 2. The Morgan fingerprint density at radius 3 is 2.52 bits per heavy atom. The van der Waals surface area contributed by atoms with Crippen LogP contribution in [0.5, 0.6) is 11.5 Å². The zero-order valence-corrected chi connectivity index (χ0v) is 19.7. The van der Waals surface area contributed by atoms with Gasteiger partial charge in [-0.15, -0.1) is 0 Å². The van der Waals surface area contributed by atoms with Gasteiger partial charge in [0.05, 0.1) is 6.61 Å². The van der Waals surface area contributed by atoms with Crippen LogP contribution < -0.4 is 19.7 Å². The molecule has 0 unspecified atom stereocenters. The largest absolute Gasteiger partial charge is 0.490 e. The molecule has 33 heavy (non-hydrogen) atoms. The topological polar surface area (TPSA) is 70.2 Å².